The number of hydrogen-bond acceptors (Lipinski definition) is 3. The summed E-state index contributed by atoms with van der Waals surface area (Å²) >= 11 is 0. The highest BCUT2D eigenvalue weighted by atomic mass is 16.6. The van der Waals surface area contributed by atoms with E-state index in [0.29, 0.717) is 6.61 Å². The van der Waals surface area contributed by atoms with E-state index in [0.717, 1.165) is 28.0 Å². The summed E-state index contributed by atoms with van der Waals surface area (Å²) in [7, 11) is 0. The molecule has 142 valence electrons. The van der Waals surface area contributed by atoms with Gasteiger partial charge in [0.05, 0.1) is 6.61 Å². The standard InChI is InChI=1S/C24H23NO3/c1-24(2)15-27-21-14-19(11-12-20(21)22(24)28-23(25)26)18-10-6-9-17(13-18)16-7-4-3-5-8-16/h3-14,22H,15H2,1-2H3,(H2,25,26). The quantitative estimate of drug-likeness (QED) is 0.652. The Morgan fingerprint density at radius 2 is 1.57 bits per heavy atom. The fraction of sp³-hybridized carbons (Fsp3) is 0.208. The number of benzene rings is 3. The number of hydrogen-bond donors (Lipinski definition) is 1. The van der Waals surface area contributed by atoms with Crippen molar-refractivity contribution in [3.05, 3.63) is 78.4 Å². The van der Waals surface area contributed by atoms with Crippen LogP contribution in [-0.4, -0.2) is 12.7 Å². The van der Waals surface area contributed by atoms with Crippen LogP contribution in [0.25, 0.3) is 22.3 Å². The summed E-state index contributed by atoms with van der Waals surface area (Å²) in [6.07, 6.45) is -1.20. The molecule has 1 aliphatic rings. The minimum atomic E-state index is -0.773. The molecule has 0 saturated heterocycles. The summed E-state index contributed by atoms with van der Waals surface area (Å²) in [5.41, 5.74) is 10.3. The molecule has 3 aromatic carbocycles. The largest absolute Gasteiger partial charge is 0.492 e. The van der Waals surface area contributed by atoms with Crippen molar-refractivity contribution in [2.24, 2.45) is 11.1 Å². The number of fused-ring (bicyclic) bond motifs is 1. The van der Waals surface area contributed by atoms with E-state index in [1.165, 1.54) is 5.56 Å². The molecule has 1 heterocycles. The Bertz CT molecular complexity index is 1010. The number of primary amides is 1. The molecule has 1 unspecified atom stereocenters. The third-order valence-corrected chi connectivity index (χ3v) is 5.14. The third-order valence-electron chi connectivity index (χ3n) is 5.14. The van der Waals surface area contributed by atoms with E-state index in [1.807, 2.05) is 50.2 Å². The van der Waals surface area contributed by atoms with Gasteiger partial charge in [0.2, 0.25) is 0 Å². The van der Waals surface area contributed by atoms with E-state index in [2.05, 4.69) is 36.4 Å². The van der Waals surface area contributed by atoms with Crippen LogP contribution in [0.2, 0.25) is 0 Å². The van der Waals surface area contributed by atoms with E-state index < -0.39 is 12.2 Å². The third kappa shape index (κ3) is 3.46. The van der Waals surface area contributed by atoms with Crippen molar-refractivity contribution in [3.8, 4) is 28.0 Å². The highest BCUT2D eigenvalue weighted by Crippen LogP contribution is 2.46. The highest BCUT2D eigenvalue weighted by Gasteiger charge is 2.40. The molecule has 28 heavy (non-hydrogen) atoms. The predicted octanol–water partition coefficient (Wildman–Crippen LogP) is 5.58. The highest BCUT2D eigenvalue weighted by molar-refractivity contribution is 5.74. The number of carbonyl (C=O) groups excluding carboxylic acids is 1. The van der Waals surface area contributed by atoms with Gasteiger partial charge in [-0.05, 0) is 34.4 Å². The van der Waals surface area contributed by atoms with E-state index in [1.54, 1.807) is 0 Å². The SMILES string of the molecule is CC1(C)COc2cc(-c3cccc(-c4ccccc4)c3)ccc2C1OC(N)=O. The van der Waals surface area contributed by atoms with Crippen molar-refractivity contribution in [2.75, 3.05) is 6.61 Å². The normalized spacial score (nSPS) is 17.3. The lowest BCUT2D eigenvalue weighted by Crippen LogP contribution is -2.37. The number of nitrogens with two attached hydrogens (primary N) is 1. The Balaban J connectivity index is 1.71. The second-order valence-corrected chi connectivity index (χ2v) is 7.79. The molecular weight excluding hydrogens is 350 g/mol. The zero-order valence-corrected chi connectivity index (χ0v) is 16.0. The fourth-order valence-electron chi connectivity index (χ4n) is 3.66. The van der Waals surface area contributed by atoms with Crippen LogP contribution in [-0.2, 0) is 4.74 Å². The second-order valence-electron chi connectivity index (χ2n) is 7.79. The summed E-state index contributed by atoms with van der Waals surface area (Å²) in [6, 6.07) is 24.7. The summed E-state index contributed by atoms with van der Waals surface area (Å²) in [6.45, 7) is 4.45. The smallest absolute Gasteiger partial charge is 0.405 e. The van der Waals surface area contributed by atoms with E-state index in [9.17, 15) is 4.79 Å². The minimum absolute atomic E-state index is 0.350. The molecule has 1 atom stereocenters. The lowest BCUT2D eigenvalue weighted by atomic mass is 9.80. The van der Waals surface area contributed by atoms with Crippen LogP contribution in [0.1, 0.15) is 25.5 Å². The van der Waals surface area contributed by atoms with Gasteiger partial charge >= 0.3 is 6.09 Å². The Kier molecular flexibility index (Phi) is 4.55. The molecule has 4 heteroatoms. The molecule has 0 bridgehead atoms. The van der Waals surface area contributed by atoms with Crippen molar-refractivity contribution in [2.45, 2.75) is 20.0 Å². The maximum Gasteiger partial charge on any atom is 0.405 e. The second kappa shape index (κ2) is 7.04. The lowest BCUT2D eigenvalue weighted by molar-refractivity contribution is -0.0176. The van der Waals surface area contributed by atoms with Crippen LogP contribution in [0.4, 0.5) is 4.79 Å². The molecule has 4 rings (SSSR count). The molecule has 3 aromatic rings. The van der Waals surface area contributed by atoms with Gasteiger partial charge in [-0.1, -0.05) is 74.5 Å². The van der Waals surface area contributed by atoms with Crippen molar-refractivity contribution in [1.82, 2.24) is 0 Å². The molecule has 1 aliphatic heterocycles. The first-order chi connectivity index (χ1) is 13.4. The van der Waals surface area contributed by atoms with Gasteiger partial charge in [0.25, 0.3) is 0 Å². The van der Waals surface area contributed by atoms with Crippen molar-refractivity contribution >= 4 is 6.09 Å². The van der Waals surface area contributed by atoms with Gasteiger partial charge in [-0.15, -0.1) is 0 Å². The van der Waals surface area contributed by atoms with E-state index >= 15 is 0 Å². The number of rotatable bonds is 3. The van der Waals surface area contributed by atoms with Gasteiger partial charge in [-0.25, -0.2) is 4.79 Å². The monoisotopic (exact) mass is 373 g/mol. The van der Waals surface area contributed by atoms with Crippen molar-refractivity contribution in [3.63, 3.8) is 0 Å². The lowest BCUT2D eigenvalue weighted by Gasteiger charge is -2.38. The number of carbonyl (C=O) groups is 1. The zero-order chi connectivity index (χ0) is 19.7. The molecule has 4 nitrogen and oxygen atoms in total. The molecular formula is C24H23NO3. The van der Waals surface area contributed by atoms with Gasteiger partial charge in [0, 0.05) is 11.0 Å². The van der Waals surface area contributed by atoms with Gasteiger partial charge in [-0.3, -0.25) is 0 Å². The maximum absolute atomic E-state index is 11.4. The molecule has 0 aromatic heterocycles. The number of ether oxygens (including phenoxy) is 2. The van der Waals surface area contributed by atoms with Crippen molar-refractivity contribution in [1.29, 1.82) is 0 Å². The van der Waals surface area contributed by atoms with Crippen LogP contribution < -0.4 is 10.5 Å². The fourth-order valence-corrected chi connectivity index (χ4v) is 3.66. The van der Waals surface area contributed by atoms with Gasteiger partial charge in [-0.2, -0.15) is 0 Å². The van der Waals surface area contributed by atoms with Crippen LogP contribution >= 0.6 is 0 Å². The molecule has 2 N–H and O–H groups in total. The van der Waals surface area contributed by atoms with Crippen LogP contribution in [0.5, 0.6) is 5.75 Å². The Labute approximate surface area is 164 Å². The topological polar surface area (TPSA) is 61.6 Å². The molecule has 0 fully saturated rings. The molecule has 0 radical (unpaired) electrons. The minimum Gasteiger partial charge on any atom is -0.492 e. The summed E-state index contributed by atoms with van der Waals surface area (Å²) in [4.78, 5) is 11.4. The molecule has 1 amide bonds. The summed E-state index contributed by atoms with van der Waals surface area (Å²) in [5.74, 6) is 0.730. The predicted molar refractivity (Wildman–Crippen MR) is 110 cm³/mol. The number of amides is 1. The molecule has 0 spiro atoms. The Hall–Kier alpha value is -3.27. The Morgan fingerprint density at radius 3 is 2.29 bits per heavy atom. The van der Waals surface area contributed by atoms with Crippen molar-refractivity contribution < 1.29 is 14.3 Å². The van der Waals surface area contributed by atoms with Crippen LogP contribution in [0.3, 0.4) is 0 Å². The van der Waals surface area contributed by atoms with Crippen LogP contribution in [0.15, 0.2) is 72.8 Å². The first kappa shape index (κ1) is 18.1. The van der Waals surface area contributed by atoms with Gasteiger partial charge in [0.15, 0.2) is 0 Å². The van der Waals surface area contributed by atoms with Crippen LogP contribution in [0, 0.1) is 5.41 Å². The average Bonchev–Trinajstić information content (AvgIpc) is 2.70. The average molecular weight is 373 g/mol. The summed E-state index contributed by atoms with van der Waals surface area (Å²) in [5, 5.41) is 0. The van der Waals surface area contributed by atoms with Gasteiger partial charge in [0.1, 0.15) is 11.9 Å². The zero-order valence-electron chi connectivity index (χ0n) is 16.0. The van der Waals surface area contributed by atoms with E-state index in [-0.39, 0.29) is 5.41 Å². The first-order valence-corrected chi connectivity index (χ1v) is 9.33. The first-order valence-electron chi connectivity index (χ1n) is 9.33. The molecule has 0 aliphatic carbocycles. The Morgan fingerprint density at radius 1 is 0.929 bits per heavy atom. The summed E-state index contributed by atoms with van der Waals surface area (Å²) < 4.78 is 11.4. The maximum atomic E-state index is 11.4. The van der Waals surface area contributed by atoms with Gasteiger partial charge < -0.3 is 15.2 Å². The van der Waals surface area contributed by atoms with E-state index in [4.69, 9.17) is 15.2 Å². The molecule has 0 saturated carbocycles.